The monoisotopic (exact) mass is 222 g/mol. The highest BCUT2D eigenvalue weighted by atomic mass is 16.1. The largest absolute Gasteiger partial charge is 0.297 e. The van der Waals surface area contributed by atoms with Crippen LogP contribution in [0.2, 0.25) is 0 Å². The van der Waals surface area contributed by atoms with Crippen molar-refractivity contribution in [3.63, 3.8) is 0 Å². The number of aromatic nitrogens is 1. The second-order valence-corrected chi connectivity index (χ2v) is 4.21. The van der Waals surface area contributed by atoms with Crippen molar-refractivity contribution in [2.75, 3.05) is 14.1 Å². The van der Waals surface area contributed by atoms with E-state index in [9.17, 15) is 4.79 Å². The zero-order chi connectivity index (χ0) is 11.4. The molecule has 0 saturated carbocycles. The molecule has 0 spiro atoms. The Morgan fingerprint density at radius 3 is 2.38 bits per heavy atom. The minimum atomic E-state index is -0.182. The average molecular weight is 222 g/mol. The van der Waals surface area contributed by atoms with Crippen LogP contribution in [0.3, 0.4) is 0 Å². The van der Waals surface area contributed by atoms with E-state index >= 15 is 0 Å². The zero-order valence-corrected chi connectivity index (χ0v) is 9.77. The molecule has 0 aliphatic carbocycles. The van der Waals surface area contributed by atoms with Crippen molar-refractivity contribution in [3.8, 4) is 0 Å². The summed E-state index contributed by atoms with van der Waals surface area (Å²) in [5.74, 6) is 0.269. The summed E-state index contributed by atoms with van der Waals surface area (Å²) < 4.78 is 0. The third kappa shape index (κ3) is 3.42. The molecule has 16 heavy (non-hydrogen) atoms. The molecule has 3 heteroatoms. The number of carbonyl (C=O) groups excluding carboxylic acids is 1. The number of ketones is 1. The SMILES string of the molecule is C.CC(C)C(=O)C(c1cccnc1)N(C)C. The molecule has 1 unspecified atom stereocenters. The predicted octanol–water partition coefficient (Wildman–Crippen LogP) is 2.55. The highest BCUT2D eigenvalue weighted by Crippen LogP contribution is 2.21. The summed E-state index contributed by atoms with van der Waals surface area (Å²) in [7, 11) is 3.83. The molecule has 0 aliphatic heterocycles. The molecule has 1 heterocycles. The third-order valence-electron chi connectivity index (χ3n) is 2.36. The van der Waals surface area contributed by atoms with Crippen LogP contribution in [-0.4, -0.2) is 29.8 Å². The van der Waals surface area contributed by atoms with Gasteiger partial charge in [0.25, 0.3) is 0 Å². The number of nitrogens with zero attached hydrogens (tertiary/aromatic N) is 2. The van der Waals surface area contributed by atoms with Gasteiger partial charge in [0.2, 0.25) is 0 Å². The van der Waals surface area contributed by atoms with Crippen LogP contribution in [0.4, 0.5) is 0 Å². The van der Waals surface area contributed by atoms with Crippen LogP contribution in [-0.2, 0) is 4.79 Å². The van der Waals surface area contributed by atoms with Gasteiger partial charge >= 0.3 is 0 Å². The van der Waals surface area contributed by atoms with Gasteiger partial charge in [0.15, 0.2) is 5.78 Å². The van der Waals surface area contributed by atoms with Crippen LogP contribution >= 0.6 is 0 Å². The van der Waals surface area contributed by atoms with Crippen LogP contribution in [0.15, 0.2) is 24.5 Å². The van der Waals surface area contributed by atoms with E-state index in [0.29, 0.717) is 0 Å². The van der Waals surface area contributed by atoms with Crippen LogP contribution in [0.5, 0.6) is 0 Å². The molecule has 3 nitrogen and oxygen atoms in total. The first kappa shape index (κ1) is 14.8. The molecule has 0 aromatic carbocycles. The lowest BCUT2D eigenvalue weighted by molar-refractivity contribution is -0.126. The van der Waals surface area contributed by atoms with E-state index in [2.05, 4.69) is 4.98 Å². The van der Waals surface area contributed by atoms with E-state index in [1.165, 1.54) is 0 Å². The fourth-order valence-corrected chi connectivity index (χ4v) is 1.57. The average Bonchev–Trinajstić information content (AvgIpc) is 2.18. The predicted molar refractivity (Wildman–Crippen MR) is 67.2 cm³/mol. The Kier molecular flexibility index (Phi) is 5.89. The highest BCUT2D eigenvalue weighted by molar-refractivity contribution is 5.86. The van der Waals surface area contributed by atoms with Gasteiger partial charge in [-0.2, -0.15) is 0 Å². The molecular weight excluding hydrogens is 200 g/mol. The van der Waals surface area contributed by atoms with Crippen molar-refractivity contribution in [1.82, 2.24) is 9.88 Å². The molecule has 1 aromatic heterocycles. The summed E-state index contributed by atoms with van der Waals surface area (Å²) in [6.45, 7) is 3.85. The van der Waals surface area contributed by atoms with E-state index in [4.69, 9.17) is 0 Å². The minimum absolute atomic E-state index is 0. The summed E-state index contributed by atoms with van der Waals surface area (Å²) in [5.41, 5.74) is 0.959. The van der Waals surface area contributed by atoms with Gasteiger partial charge < -0.3 is 0 Å². The van der Waals surface area contributed by atoms with E-state index in [0.717, 1.165) is 5.56 Å². The van der Waals surface area contributed by atoms with Crippen LogP contribution in [0.25, 0.3) is 0 Å². The van der Waals surface area contributed by atoms with Crippen LogP contribution in [0.1, 0.15) is 32.9 Å². The van der Waals surface area contributed by atoms with E-state index in [-0.39, 0.29) is 25.2 Å². The van der Waals surface area contributed by atoms with Gasteiger partial charge in [-0.05, 0) is 25.7 Å². The summed E-state index contributed by atoms with van der Waals surface area (Å²) in [4.78, 5) is 18.0. The summed E-state index contributed by atoms with van der Waals surface area (Å²) >= 11 is 0. The summed E-state index contributed by atoms with van der Waals surface area (Å²) in [6, 6.07) is 3.62. The van der Waals surface area contributed by atoms with Crippen molar-refractivity contribution in [3.05, 3.63) is 30.1 Å². The van der Waals surface area contributed by atoms with Gasteiger partial charge in [-0.3, -0.25) is 14.7 Å². The molecule has 0 fully saturated rings. The molecule has 0 aliphatic rings. The molecule has 0 amide bonds. The first-order chi connectivity index (χ1) is 7.04. The van der Waals surface area contributed by atoms with Gasteiger partial charge in [0.05, 0.1) is 6.04 Å². The van der Waals surface area contributed by atoms with Crippen LogP contribution in [0, 0.1) is 5.92 Å². The number of rotatable bonds is 4. The number of Topliss-reactive ketones (excluding diaryl/α,β-unsaturated/α-hetero) is 1. The van der Waals surface area contributed by atoms with E-state index < -0.39 is 0 Å². The molecule has 0 bridgehead atoms. The fraction of sp³-hybridized carbons (Fsp3) is 0.538. The Balaban J connectivity index is 0.00000225. The summed E-state index contributed by atoms with van der Waals surface area (Å²) in [6.07, 6.45) is 3.47. The van der Waals surface area contributed by atoms with Crippen molar-refractivity contribution in [2.45, 2.75) is 27.3 Å². The second kappa shape index (κ2) is 6.38. The fourth-order valence-electron chi connectivity index (χ4n) is 1.57. The number of hydrogen-bond acceptors (Lipinski definition) is 3. The Hall–Kier alpha value is -1.22. The lowest BCUT2D eigenvalue weighted by Crippen LogP contribution is -2.30. The topological polar surface area (TPSA) is 33.2 Å². The van der Waals surface area contributed by atoms with Crippen molar-refractivity contribution in [1.29, 1.82) is 0 Å². The van der Waals surface area contributed by atoms with Gasteiger partial charge in [0, 0.05) is 18.3 Å². The van der Waals surface area contributed by atoms with Gasteiger partial charge in [-0.1, -0.05) is 27.3 Å². The Morgan fingerprint density at radius 1 is 1.38 bits per heavy atom. The maximum atomic E-state index is 12.0. The molecule has 90 valence electrons. The van der Waals surface area contributed by atoms with Gasteiger partial charge in [0.1, 0.15) is 0 Å². The summed E-state index contributed by atoms with van der Waals surface area (Å²) in [5, 5.41) is 0. The Labute approximate surface area is 98.5 Å². The molecule has 1 rings (SSSR count). The second-order valence-electron chi connectivity index (χ2n) is 4.21. The first-order valence-corrected chi connectivity index (χ1v) is 5.14. The van der Waals surface area contributed by atoms with Crippen molar-refractivity contribution in [2.24, 2.45) is 5.92 Å². The molecule has 0 saturated heterocycles. The van der Waals surface area contributed by atoms with Crippen molar-refractivity contribution >= 4 is 5.78 Å². The van der Waals surface area contributed by atoms with Gasteiger partial charge in [-0.15, -0.1) is 0 Å². The molecule has 0 N–H and O–H groups in total. The number of likely N-dealkylation sites (N-methyl/N-ethyl adjacent to an activating group) is 1. The maximum Gasteiger partial charge on any atom is 0.157 e. The number of hydrogen-bond donors (Lipinski definition) is 0. The number of pyridine rings is 1. The maximum absolute atomic E-state index is 12.0. The first-order valence-electron chi connectivity index (χ1n) is 5.14. The standard InChI is InChI=1S/C12H18N2O.CH4/c1-9(2)12(15)11(14(3)4)10-6-5-7-13-8-10;/h5-9,11H,1-4H3;1H4. The Bertz CT molecular complexity index is 320. The van der Waals surface area contributed by atoms with Gasteiger partial charge in [-0.25, -0.2) is 0 Å². The lowest BCUT2D eigenvalue weighted by Gasteiger charge is -2.24. The smallest absolute Gasteiger partial charge is 0.157 e. The lowest BCUT2D eigenvalue weighted by atomic mass is 9.96. The normalized spacial score (nSPS) is 12.4. The molecule has 0 radical (unpaired) electrons. The highest BCUT2D eigenvalue weighted by Gasteiger charge is 2.24. The third-order valence-corrected chi connectivity index (χ3v) is 2.36. The van der Waals surface area contributed by atoms with Crippen molar-refractivity contribution < 1.29 is 4.79 Å². The van der Waals surface area contributed by atoms with E-state index in [1.807, 2.05) is 45.0 Å². The molecular formula is C13H22N2O. The Morgan fingerprint density at radius 2 is 2.00 bits per heavy atom. The quantitative estimate of drug-likeness (QED) is 0.785. The van der Waals surface area contributed by atoms with Crippen LogP contribution < -0.4 is 0 Å². The van der Waals surface area contributed by atoms with E-state index in [1.54, 1.807) is 12.4 Å². The zero-order valence-electron chi connectivity index (χ0n) is 9.77. The minimum Gasteiger partial charge on any atom is -0.297 e. The molecule has 1 aromatic rings. The number of carbonyl (C=O) groups is 1. The molecule has 1 atom stereocenters.